The lowest BCUT2D eigenvalue weighted by Crippen LogP contribution is -2.43. The van der Waals surface area contributed by atoms with Gasteiger partial charge in [0.25, 0.3) is 0 Å². The van der Waals surface area contributed by atoms with Gasteiger partial charge in [-0.15, -0.1) is 0 Å². The maximum atomic E-state index is 11.0. The minimum absolute atomic E-state index is 0.0414. The van der Waals surface area contributed by atoms with Gasteiger partial charge in [0, 0.05) is 23.7 Å². The number of hydrogen-bond donors (Lipinski definition) is 2. The van der Waals surface area contributed by atoms with Crippen molar-refractivity contribution in [2.75, 3.05) is 0 Å². The van der Waals surface area contributed by atoms with E-state index in [0.29, 0.717) is 11.5 Å². The molecule has 1 fully saturated rings. The first-order valence-corrected chi connectivity index (χ1v) is 6.86. The van der Waals surface area contributed by atoms with E-state index in [4.69, 9.17) is 0 Å². The normalized spacial score (nSPS) is 24.5. The van der Waals surface area contributed by atoms with Crippen molar-refractivity contribution in [3.63, 3.8) is 0 Å². The average molecular weight is 240 g/mol. The second kappa shape index (κ2) is 4.72. The van der Waals surface area contributed by atoms with Crippen LogP contribution in [0.4, 0.5) is 0 Å². The summed E-state index contributed by atoms with van der Waals surface area (Å²) in [5.74, 6) is 0. The van der Waals surface area contributed by atoms with Crippen LogP contribution in [0.5, 0.6) is 0 Å². The number of rotatable bonds is 3. The van der Waals surface area contributed by atoms with E-state index in [0.717, 1.165) is 12.2 Å². The van der Waals surface area contributed by atoms with Crippen LogP contribution in [0.1, 0.15) is 45.2 Å². The molecule has 1 atom stereocenters. The molecule has 1 saturated carbocycles. The molecule has 1 aliphatic carbocycles. The standard InChI is InChI=1S/C12H20N2OS/c1-12(2)6-4-3-5-10(12)13-7-9-8-16-11(15)14-9/h8,10,13H,3-7H2,1-2H3,(H,14,15). The number of H-pyrrole nitrogens is 1. The number of hydrogen-bond acceptors (Lipinski definition) is 3. The Morgan fingerprint density at radius 1 is 1.56 bits per heavy atom. The van der Waals surface area contributed by atoms with Crippen molar-refractivity contribution >= 4 is 11.3 Å². The second-order valence-electron chi connectivity index (χ2n) is 5.34. The number of nitrogens with one attached hydrogen (secondary N) is 2. The molecular weight excluding hydrogens is 220 g/mol. The average Bonchev–Trinajstić information content (AvgIpc) is 2.62. The summed E-state index contributed by atoms with van der Waals surface area (Å²) in [5.41, 5.74) is 1.39. The third kappa shape index (κ3) is 2.74. The van der Waals surface area contributed by atoms with Crippen molar-refractivity contribution in [2.45, 2.75) is 52.1 Å². The molecule has 0 aromatic carbocycles. The first kappa shape index (κ1) is 11.9. The lowest BCUT2D eigenvalue weighted by molar-refractivity contribution is 0.166. The lowest BCUT2D eigenvalue weighted by Gasteiger charge is -2.39. The van der Waals surface area contributed by atoms with Crippen LogP contribution in [-0.2, 0) is 6.54 Å². The fraction of sp³-hybridized carbons (Fsp3) is 0.750. The summed E-state index contributed by atoms with van der Waals surface area (Å²) < 4.78 is 0. The summed E-state index contributed by atoms with van der Waals surface area (Å²) in [6.07, 6.45) is 5.22. The minimum Gasteiger partial charge on any atom is -0.315 e. The Kier molecular flexibility index (Phi) is 3.50. The molecular formula is C12H20N2OS. The third-order valence-electron chi connectivity index (χ3n) is 3.62. The minimum atomic E-state index is 0.0414. The highest BCUT2D eigenvalue weighted by Gasteiger charge is 2.31. The summed E-state index contributed by atoms with van der Waals surface area (Å²) in [4.78, 5) is 13.9. The molecule has 0 spiro atoms. The van der Waals surface area contributed by atoms with Gasteiger partial charge >= 0.3 is 4.87 Å². The highest BCUT2D eigenvalue weighted by molar-refractivity contribution is 7.07. The largest absolute Gasteiger partial charge is 0.315 e. The van der Waals surface area contributed by atoms with E-state index in [1.165, 1.54) is 37.0 Å². The fourth-order valence-corrected chi connectivity index (χ4v) is 3.09. The van der Waals surface area contributed by atoms with Crippen LogP contribution < -0.4 is 10.2 Å². The number of thiazole rings is 1. The first-order chi connectivity index (χ1) is 7.58. The Bertz CT molecular complexity index is 394. The summed E-state index contributed by atoms with van der Waals surface area (Å²) >= 11 is 1.24. The fourth-order valence-electron chi connectivity index (χ4n) is 2.51. The molecule has 2 rings (SSSR count). The van der Waals surface area contributed by atoms with Gasteiger partial charge in [0.1, 0.15) is 0 Å². The Morgan fingerprint density at radius 3 is 3.00 bits per heavy atom. The van der Waals surface area contributed by atoms with Gasteiger partial charge in [-0.2, -0.15) is 0 Å². The van der Waals surface area contributed by atoms with Crippen LogP contribution in [-0.4, -0.2) is 11.0 Å². The van der Waals surface area contributed by atoms with Gasteiger partial charge < -0.3 is 10.3 Å². The Hall–Kier alpha value is -0.610. The quantitative estimate of drug-likeness (QED) is 0.852. The van der Waals surface area contributed by atoms with E-state index >= 15 is 0 Å². The second-order valence-corrected chi connectivity index (χ2v) is 6.18. The van der Waals surface area contributed by atoms with Gasteiger partial charge in [-0.1, -0.05) is 38.0 Å². The topological polar surface area (TPSA) is 44.9 Å². The van der Waals surface area contributed by atoms with Crippen molar-refractivity contribution < 1.29 is 0 Å². The molecule has 4 heteroatoms. The zero-order valence-corrected chi connectivity index (χ0v) is 10.8. The van der Waals surface area contributed by atoms with Gasteiger partial charge in [-0.3, -0.25) is 4.79 Å². The Labute approximate surface area is 100 Å². The van der Waals surface area contributed by atoms with Crippen molar-refractivity contribution in [1.29, 1.82) is 0 Å². The van der Waals surface area contributed by atoms with E-state index in [1.807, 2.05) is 5.38 Å². The molecule has 16 heavy (non-hydrogen) atoms. The van der Waals surface area contributed by atoms with Crippen LogP contribution in [0.3, 0.4) is 0 Å². The molecule has 2 N–H and O–H groups in total. The first-order valence-electron chi connectivity index (χ1n) is 5.98. The lowest BCUT2D eigenvalue weighted by atomic mass is 9.73. The number of aromatic amines is 1. The van der Waals surface area contributed by atoms with E-state index < -0.39 is 0 Å². The summed E-state index contributed by atoms with van der Waals surface area (Å²) in [6, 6.07) is 0.574. The molecule has 1 heterocycles. The highest BCUT2D eigenvalue weighted by atomic mass is 32.1. The highest BCUT2D eigenvalue weighted by Crippen LogP contribution is 2.35. The van der Waals surface area contributed by atoms with Gasteiger partial charge in [0.15, 0.2) is 0 Å². The van der Waals surface area contributed by atoms with Crippen molar-refractivity contribution in [3.05, 3.63) is 20.7 Å². The molecule has 0 saturated heterocycles. The van der Waals surface area contributed by atoms with E-state index in [9.17, 15) is 4.79 Å². The monoisotopic (exact) mass is 240 g/mol. The van der Waals surface area contributed by atoms with Crippen molar-refractivity contribution in [3.8, 4) is 0 Å². The van der Waals surface area contributed by atoms with Crippen LogP contribution in [0.25, 0.3) is 0 Å². The predicted molar refractivity (Wildman–Crippen MR) is 67.8 cm³/mol. The van der Waals surface area contributed by atoms with Crippen molar-refractivity contribution in [2.24, 2.45) is 5.41 Å². The van der Waals surface area contributed by atoms with Crippen molar-refractivity contribution in [1.82, 2.24) is 10.3 Å². The molecule has 0 aliphatic heterocycles. The molecule has 1 aliphatic rings. The Morgan fingerprint density at radius 2 is 2.38 bits per heavy atom. The van der Waals surface area contributed by atoms with Gasteiger partial charge in [-0.05, 0) is 18.3 Å². The van der Waals surface area contributed by atoms with E-state index in [2.05, 4.69) is 24.1 Å². The molecule has 90 valence electrons. The van der Waals surface area contributed by atoms with Gasteiger partial charge in [-0.25, -0.2) is 0 Å². The smallest absolute Gasteiger partial charge is 0.304 e. The maximum Gasteiger partial charge on any atom is 0.304 e. The van der Waals surface area contributed by atoms with Crippen LogP contribution in [0.2, 0.25) is 0 Å². The molecule has 3 nitrogen and oxygen atoms in total. The molecule has 0 radical (unpaired) electrons. The third-order valence-corrected chi connectivity index (χ3v) is 4.34. The summed E-state index contributed by atoms with van der Waals surface area (Å²) in [5, 5.41) is 5.49. The zero-order chi connectivity index (χ0) is 11.6. The molecule has 1 unspecified atom stereocenters. The van der Waals surface area contributed by atoms with Crippen LogP contribution in [0, 0.1) is 5.41 Å². The molecule has 1 aromatic heterocycles. The molecule has 0 bridgehead atoms. The van der Waals surface area contributed by atoms with Crippen LogP contribution in [0.15, 0.2) is 10.2 Å². The maximum absolute atomic E-state index is 11.0. The summed E-state index contributed by atoms with van der Waals surface area (Å²) in [6.45, 7) is 5.45. The number of aromatic nitrogens is 1. The van der Waals surface area contributed by atoms with Gasteiger partial charge in [0.05, 0.1) is 0 Å². The summed E-state index contributed by atoms with van der Waals surface area (Å²) in [7, 11) is 0. The Balaban J connectivity index is 1.91. The predicted octanol–water partition coefficient (Wildman–Crippen LogP) is 2.49. The van der Waals surface area contributed by atoms with Gasteiger partial charge in [0.2, 0.25) is 0 Å². The zero-order valence-electron chi connectivity index (χ0n) is 10.0. The molecule has 0 amide bonds. The van der Waals surface area contributed by atoms with E-state index in [-0.39, 0.29) is 4.87 Å². The SMILES string of the molecule is CC1(C)CCCCC1NCc1csc(=O)[nH]1. The molecule has 1 aromatic rings. The van der Waals surface area contributed by atoms with E-state index in [1.54, 1.807) is 0 Å². The van der Waals surface area contributed by atoms with Crippen LogP contribution >= 0.6 is 11.3 Å².